The zero-order valence-electron chi connectivity index (χ0n) is 11.5. The minimum atomic E-state index is 0.275. The number of aldehydes is 2. The van der Waals surface area contributed by atoms with Crippen LogP contribution in [0.25, 0.3) is 12.2 Å². The first-order valence-electron chi connectivity index (χ1n) is 6.47. The van der Waals surface area contributed by atoms with Crippen LogP contribution in [0.4, 0.5) is 0 Å². The second-order valence-corrected chi connectivity index (χ2v) is 5.42. The lowest BCUT2D eigenvalue weighted by atomic mass is 10.0. The maximum absolute atomic E-state index is 11.3. The Labute approximate surface area is 138 Å². The van der Waals surface area contributed by atoms with Crippen LogP contribution in [0.3, 0.4) is 0 Å². The van der Waals surface area contributed by atoms with Gasteiger partial charge in [-0.1, -0.05) is 47.5 Å². The largest absolute Gasteiger partial charge is 0.298 e. The first-order valence-corrected chi connectivity index (χ1v) is 7.23. The van der Waals surface area contributed by atoms with E-state index in [1.165, 1.54) is 0 Å². The number of allylic oxidation sites excluding steroid dienone is 2. The summed E-state index contributed by atoms with van der Waals surface area (Å²) in [7, 11) is 0. The standard InChI is InChI=1S/C18H12Cl2O2/c19-17-5-1-3-13(9-17)7-15(11-21)16(12-22)8-14-4-2-6-18(20)10-14/h1-12H/b15-7+,16-8+. The molecule has 0 bridgehead atoms. The van der Waals surface area contributed by atoms with Crippen LogP contribution in [0, 0.1) is 0 Å². The zero-order valence-corrected chi connectivity index (χ0v) is 13.0. The lowest BCUT2D eigenvalue weighted by Crippen LogP contribution is -1.93. The van der Waals surface area contributed by atoms with Gasteiger partial charge in [0.1, 0.15) is 0 Å². The Hall–Kier alpha value is -2.16. The molecule has 2 rings (SSSR count). The van der Waals surface area contributed by atoms with Gasteiger partial charge in [0.25, 0.3) is 0 Å². The molecule has 0 radical (unpaired) electrons. The lowest BCUT2D eigenvalue weighted by Gasteiger charge is -2.02. The van der Waals surface area contributed by atoms with Gasteiger partial charge in [-0.2, -0.15) is 0 Å². The summed E-state index contributed by atoms with van der Waals surface area (Å²) >= 11 is 11.8. The molecule has 22 heavy (non-hydrogen) atoms. The molecule has 0 amide bonds. The van der Waals surface area contributed by atoms with Crippen molar-refractivity contribution < 1.29 is 9.59 Å². The fourth-order valence-electron chi connectivity index (χ4n) is 1.92. The van der Waals surface area contributed by atoms with Crippen LogP contribution < -0.4 is 0 Å². The molecule has 0 aliphatic rings. The fourth-order valence-corrected chi connectivity index (χ4v) is 2.32. The average molecular weight is 331 g/mol. The van der Waals surface area contributed by atoms with Crippen molar-refractivity contribution in [2.45, 2.75) is 0 Å². The van der Waals surface area contributed by atoms with Crippen molar-refractivity contribution in [3.63, 3.8) is 0 Å². The number of carbonyl (C=O) groups is 2. The Morgan fingerprint density at radius 3 is 1.45 bits per heavy atom. The number of carbonyl (C=O) groups excluding carboxylic acids is 2. The molecule has 0 aliphatic heterocycles. The molecule has 0 saturated heterocycles. The molecule has 0 spiro atoms. The van der Waals surface area contributed by atoms with E-state index in [-0.39, 0.29) is 11.1 Å². The first-order chi connectivity index (χ1) is 10.6. The Bertz CT molecular complexity index is 696. The molecule has 0 atom stereocenters. The van der Waals surface area contributed by atoms with E-state index in [0.717, 1.165) is 11.1 Å². The van der Waals surface area contributed by atoms with Crippen LogP contribution in [-0.4, -0.2) is 12.6 Å². The number of rotatable bonds is 5. The second-order valence-electron chi connectivity index (χ2n) is 4.55. The van der Waals surface area contributed by atoms with Crippen LogP contribution in [0.5, 0.6) is 0 Å². The summed E-state index contributed by atoms with van der Waals surface area (Å²) in [6.07, 6.45) is 4.52. The molecule has 0 heterocycles. The monoisotopic (exact) mass is 330 g/mol. The van der Waals surface area contributed by atoms with E-state index in [1.807, 2.05) is 0 Å². The van der Waals surface area contributed by atoms with Crippen LogP contribution in [0.2, 0.25) is 10.0 Å². The van der Waals surface area contributed by atoms with Crippen molar-refractivity contribution in [3.05, 3.63) is 80.8 Å². The Morgan fingerprint density at radius 2 is 1.14 bits per heavy atom. The van der Waals surface area contributed by atoms with Gasteiger partial charge >= 0.3 is 0 Å². The molecule has 2 nitrogen and oxygen atoms in total. The van der Waals surface area contributed by atoms with Gasteiger partial charge in [-0.25, -0.2) is 0 Å². The van der Waals surface area contributed by atoms with Crippen LogP contribution in [-0.2, 0) is 9.59 Å². The second kappa shape index (κ2) is 7.74. The van der Waals surface area contributed by atoms with Gasteiger partial charge in [0.15, 0.2) is 12.6 Å². The van der Waals surface area contributed by atoms with Gasteiger partial charge in [-0.05, 0) is 47.5 Å². The van der Waals surface area contributed by atoms with Crippen molar-refractivity contribution in [3.8, 4) is 0 Å². The van der Waals surface area contributed by atoms with E-state index in [1.54, 1.807) is 60.7 Å². The summed E-state index contributed by atoms with van der Waals surface area (Å²) in [4.78, 5) is 22.6. The van der Waals surface area contributed by atoms with Crippen LogP contribution in [0.15, 0.2) is 59.7 Å². The summed E-state index contributed by atoms with van der Waals surface area (Å²) in [5, 5.41) is 1.12. The highest BCUT2D eigenvalue weighted by atomic mass is 35.5. The molecule has 4 heteroatoms. The first kappa shape index (κ1) is 16.2. The molecule has 0 unspecified atom stereocenters. The van der Waals surface area contributed by atoms with E-state index in [2.05, 4.69) is 0 Å². The number of halogens is 2. The van der Waals surface area contributed by atoms with Crippen molar-refractivity contribution in [1.29, 1.82) is 0 Å². The van der Waals surface area contributed by atoms with Gasteiger partial charge in [-0.15, -0.1) is 0 Å². The summed E-state index contributed by atoms with van der Waals surface area (Å²) < 4.78 is 0. The van der Waals surface area contributed by atoms with E-state index >= 15 is 0 Å². The third-order valence-corrected chi connectivity index (χ3v) is 3.40. The average Bonchev–Trinajstić information content (AvgIpc) is 2.51. The van der Waals surface area contributed by atoms with E-state index in [4.69, 9.17) is 23.2 Å². The van der Waals surface area contributed by atoms with Gasteiger partial charge in [-0.3, -0.25) is 9.59 Å². The summed E-state index contributed by atoms with van der Waals surface area (Å²) in [6.45, 7) is 0. The lowest BCUT2D eigenvalue weighted by molar-refractivity contribution is -0.107. The highest BCUT2D eigenvalue weighted by Gasteiger charge is 2.05. The Balaban J connectivity index is 2.43. The summed E-state index contributed by atoms with van der Waals surface area (Å²) in [5.41, 5.74) is 2.04. The maximum atomic E-state index is 11.3. The van der Waals surface area contributed by atoms with Gasteiger partial charge in [0.05, 0.1) is 0 Å². The Kier molecular flexibility index (Phi) is 5.70. The smallest absolute Gasteiger partial charge is 0.150 e. The number of benzene rings is 2. The van der Waals surface area contributed by atoms with Crippen LogP contribution >= 0.6 is 23.2 Å². The highest BCUT2D eigenvalue weighted by Crippen LogP contribution is 2.19. The molecular weight excluding hydrogens is 319 g/mol. The SMILES string of the molecule is O=CC(=C\c1cccc(Cl)c1)/C(C=O)=C/c1cccc(Cl)c1. The predicted octanol–water partition coefficient (Wildman–Crippen LogP) is 4.86. The molecule has 0 N–H and O–H groups in total. The van der Waals surface area contributed by atoms with Crippen molar-refractivity contribution in [2.24, 2.45) is 0 Å². The maximum Gasteiger partial charge on any atom is 0.150 e. The molecule has 2 aromatic carbocycles. The molecule has 0 aromatic heterocycles. The molecule has 0 fully saturated rings. The molecule has 0 aliphatic carbocycles. The molecular formula is C18H12Cl2O2. The molecule has 110 valence electrons. The number of hydrogen-bond acceptors (Lipinski definition) is 2. The van der Waals surface area contributed by atoms with Crippen molar-refractivity contribution in [1.82, 2.24) is 0 Å². The minimum Gasteiger partial charge on any atom is -0.298 e. The van der Waals surface area contributed by atoms with Gasteiger partial charge in [0, 0.05) is 21.2 Å². The summed E-state index contributed by atoms with van der Waals surface area (Å²) in [6, 6.07) is 14.1. The van der Waals surface area contributed by atoms with Crippen LogP contribution in [0.1, 0.15) is 11.1 Å². The summed E-state index contributed by atoms with van der Waals surface area (Å²) in [5.74, 6) is 0. The fraction of sp³-hybridized carbons (Fsp3) is 0. The highest BCUT2D eigenvalue weighted by molar-refractivity contribution is 6.31. The predicted molar refractivity (Wildman–Crippen MR) is 91.0 cm³/mol. The third kappa shape index (κ3) is 4.42. The quantitative estimate of drug-likeness (QED) is 0.445. The van der Waals surface area contributed by atoms with Gasteiger partial charge < -0.3 is 0 Å². The minimum absolute atomic E-state index is 0.275. The topological polar surface area (TPSA) is 34.1 Å². The molecule has 2 aromatic rings. The normalized spacial score (nSPS) is 12.1. The van der Waals surface area contributed by atoms with E-state index < -0.39 is 0 Å². The zero-order chi connectivity index (χ0) is 15.9. The Morgan fingerprint density at radius 1 is 0.727 bits per heavy atom. The third-order valence-electron chi connectivity index (χ3n) is 2.93. The van der Waals surface area contributed by atoms with E-state index in [9.17, 15) is 9.59 Å². The van der Waals surface area contributed by atoms with Crippen molar-refractivity contribution >= 4 is 47.9 Å². The molecule has 0 saturated carbocycles. The van der Waals surface area contributed by atoms with Crippen molar-refractivity contribution in [2.75, 3.05) is 0 Å². The van der Waals surface area contributed by atoms with E-state index in [0.29, 0.717) is 22.6 Å². The number of hydrogen-bond donors (Lipinski definition) is 0. The van der Waals surface area contributed by atoms with Gasteiger partial charge in [0.2, 0.25) is 0 Å².